The SMILES string of the molecule is CCC1CC(NCCCCO)CCO1. The van der Waals surface area contributed by atoms with Gasteiger partial charge in [-0.3, -0.25) is 0 Å². The Balaban J connectivity index is 2.05. The fourth-order valence-electron chi connectivity index (χ4n) is 1.89. The molecule has 2 N–H and O–H groups in total. The van der Waals surface area contributed by atoms with E-state index < -0.39 is 0 Å². The normalized spacial score (nSPS) is 27.9. The summed E-state index contributed by atoms with van der Waals surface area (Å²) < 4.78 is 5.60. The van der Waals surface area contributed by atoms with E-state index in [4.69, 9.17) is 9.84 Å². The Kier molecular flexibility index (Phi) is 6.15. The van der Waals surface area contributed by atoms with Crippen molar-refractivity contribution in [1.82, 2.24) is 5.32 Å². The zero-order chi connectivity index (χ0) is 10.2. The molecule has 1 aliphatic rings. The maximum absolute atomic E-state index is 8.64. The zero-order valence-electron chi connectivity index (χ0n) is 9.17. The minimum atomic E-state index is 0.313. The predicted octanol–water partition coefficient (Wildman–Crippen LogP) is 1.31. The first-order valence-electron chi connectivity index (χ1n) is 5.82. The summed E-state index contributed by atoms with van der Waals surface area (Å²) in [5, 5.41) is 12.2. The molecule has 14 heavy (non-hydrogen) atoms. The molecule has 0 bridgehead atoms. The molecule has 1 saturated heterocycles. The fourth-order valence-corrected chi connectivity index (χ4v) is 1.89. The molecule has 2 unspecified atom stereocenters. The first-order valence-corrected chi connectivity index (χ1v) is 5.82. The van der Waals surface area contributed by atoms with E-state index in [1.165, 1.54) is 0 Å². The molecule has 1 rings (SSSR count). The van der Waals surface area contributed by atoms with Crippen LogP contribution in [-0.2, 0) is 4.74 Å². The highest BCUT2D eigenvalue weighted by Crippen LogP contribution is 2.16. The van der Waals surface area contributed by atoms with Gasteiger partial charge >= 0.3 is 0 Å². The minimum absolute atomic E-state index is 0.313. The van der Waals surface area contributed by atoms with Crippen LogP contribution in [-0.4, -0.2) is 37.0 Å². The van der Waals surface area contributed by atoms with E-state index in [1.54, 1.807) is 0 Å². The van der Waals surface area contributed by atoms with Crippen molar-refractivity contribution >= 4 is 0 Å². The predicted molar refractivity (Wildman–Crippen MR) is 57.4 cm³/mol. The number of rotatable bonds is 6. The van der Waals surface area contributed by atoms with Crippen molar-refractivity contribution in [3.8, 4) is 0 Å². The van der Waals surface area contributed by atoms with Crippen LogP contribution in [0.2, 0.25) is 0 Å². The lowest BCUT2D eigenvalue weighted by Crippen LogP contribution is -2.39. The first kappa shape index (κ1) is 12.0. The van der Waals surface area contributed by atoms with Crippen LogP contribution in [0, 0.1) is 0 Å². The van der Waals surface area contributed by atoms with Crippen LogP contribution >= 0.6 is 0 Å². The summed E-state index contributed by atoms with van der Waals surface area (Å²) in [6.45, 7) is 4.42. The fraction of sp³-hybridized carbons (Fsp3) is 1.00. The second-order valence-electron chi connectivity index (χ2n) is 4.01. The summed E-state index contributed by atoms with van der Waals surface area (Å²) in [5.74, 6) is 0. The monoisotopic (exact) mass is 201 g/mol. The lowest BCUT2D eigenvalue weighted by atomic mass is 10.0. The van der Waals surface area contributed by atoms with Crippen molar-refractivity contribution < 1.29 is 9.84 Å². The van der Waals surface area contributed by atoms with Gasteiger partial charge in [-0.15, -0.1) is 0 Å². The topological polar surface area (TPSA) is 41.5 Å². The van der Waals surface area contributed by atoms with E-state index in [0.717, 1.165) is 45.3 Å². The third-order valence-corrected chi connectivity index (χ3v) is 2.84. The number of hydrogen-bond donors (Lipinski definition) is 2. The molecule has 0 aromatic heterocycles. The summed E-state index contributed by atoms with van der Waals surface area (Å²) in [4.78, 5) is 0. The molecule has 1 fully saturated rings. The van der Waals surface area contributed by atoms with Gasteiger partial charge in [0.15, 0.2) is 0 Å². The molecule has 0 amide bonds. The maximum Gasteiger partial charge on any atom is 0.0587 e. The summed E-state index contributed by atoms with van der Waals surface area (Å²) in [6, 6.07) is 0.632. The number of nitrogens with one attached hydrogen (secondary N) is 1. The molecule has 1 heterocycles. The number of ether oxygens (including phenoxy) is 1. The molecule has 84 valence electrons. The van der Waals surface area contributed by atoms with E-state index in [0.29, 0.717) is 18.8 Å². The Morgan fingerprint density at radius 1 is 1.43 bits per heavy atom. The quantitative estimate of drug-likeness (QED) is 0.637. The van der Waals surface area contributed by atoms with E-state index in [-0.39, 0.29) is 0 Å². The Bertz CT molecular complexity index is 141. The zero-order valence-corrected chi connectivity index (χ0v) is 9.17. The van der Waals surface area contributed by atoms with Crippen LogP contribution in [0.1, 0.15) is 39.0 Å². The Morgan fingerprint density at radius 2 is 2.29 bits per heavy atom. The van der Waals surface area contributed by atoms with Crippen molar-refractivity contribution in [2.24, 2.45) is 0 Å². The van der Waals surface area contributed by atoms with Gasteiger partial charge in [-0.25, -0.2) is 0 Å². The number of aliphatic hydroxyl groups excluding tert-OH is 1. The highest BCUT2D eigenvalue weighted by molar-refractivity contribution is 4.75. The Hall–Kier alpha value is -0.120. The van der Waals surface area contributed by atoms with Crippen molar-refractivity contribution in [2.75, 3.05) is 19.8 Å². The first-order chi connectivity index (χ1) is 6.86. The second kappa shape index (κ2) is 7.21. The molecule has 0 spiro atoms. The Labute approximate surface area is 86.8 Å². The molecule has 3 heteroatoms. The highest BCUT2D eigenvalue weighted by atomic mass is 16.5. The molecule has 2 atom stereocenters. The standard InChI is InChI=1S/C11H23NO2/c1-2-11-9-10(5-8-14-11)12-6-3-4-7-13/h10-13H,2-9H2,1H3. The van der Waals surface area contributed by atoms with Crippen molar-refractivity contribution in [3.63, 3.8) is 0 Å². The van der Waals surface area contributed by atoms with Crippen molar-refractivity contribution in [3.05, 3.63) is 0 Å². The lowest BCUT2D eigenvalue weighted by Gasteiger charge is -2.29. The molecule has 3 nitrogen and oxygen atoms in total. The average Bonchev–Trinajstić information content (AvgIpc) is 2.25. The van der Waals surface area contributed by atoms with Crippen LogP contribution in [0.3, 0.4) is 0 Å². The minimum Gasteiger partial charge on any atom is -0.396 e. The lowest BCUT2D eigenvalue weighted by molar-refractivity contribution is -0.0000409. The van der Waals surface area contributed by atoms with Crippen LogP contribution in [0.5, 0.6) is 0 Å². The van der Waals surface area contributed by atoms with E-state index in [1.807, 2.05) is 0 Å². The van der Waals surface area contributed by atoms with Crippen molar-refractivity contribution in [2.45, 2.75) is 51.2 Å². The van der Waals surface area contributed by atoms with Crippen LogP contribution < -0.4 is 5.32 Å². The summed E-state index contributed by atoms with van der Waals surface area (Å²) >= 11 is 0. The second-order valence-corrected chi connectivity index (χ2v) is 4.01. The molecule has 0 saturated carbocycles. The third-order valence-electron chi connectivity index (χ3n) is 2.84. The van der Waals surface area contributed by atoms with Gasteiger partial charge in [0.25, 0.3) is 0 Å². The van der Waals surface area contributed by atoms with E-state index in [9.17, 15) is 0 Å². The van der Waals surface area contributed by atoms with Gasteiger partial charge in [0.1, 0.15) is 0 Å². The average molecular weight is 201 g/mol. The number of hydrogen-bond acceptors (Lipinski definition) is 3. The van der Waals surface area contributed by atoms with Crippen molar-refractivity contribution in [1.29, 1.82) is 0 Å². The highest BCUT2D eigenvalue weighted by Gasteiger charge is 2.20. The van der Waals surface area contributed by atoms with Gasteiger partial charge in [-0.2, -0.15) is 0 Å². The summed E-state index contributed by atoms with van der Waals surface area (Å²) in [7, 11) is 0. The molecule has 0 radical (unpaired) electrons. The van der Waals surface area contributed by atoms with Gasteiger partial charge < -0.3 is 15.2 Å². The molecule has 0 aromatic rings. The van der Waals surface area contributed by atoms with E-state index >= 15 is 0 Å². The molecule has 0 aliphatic carbocycles. The maximum atomic E-state index is 8.64. The third kappa shape index (κ3) is 4.40. The number of aliphatic hydroxyl groups is 1. The molecular weight excluding hydrogens is 178 g/mol. The van der Waals surface area contributed by atoms with Gasteiger partial charge in [-0.1, -0.05) is 6.92 Å². The van der Waals surface area contributed by atoms with Gasteiger partial charge in [0.05, 0.1) is 6.10 Å². The van der Waals surface area contributed by atoms with E-state index in [2.05, 4.69) is 12.2 Å². The largest absolute Gasteiger partial charge is 0.396 e. The van der Waals surface area contributed by atoms with Gasteiger partial charge in [0.2, 0.25) is 0 Å². The van der Waals surface area contributed by atoms with Gasteiger partial charge in [-0.05, 0) is 38.6 Å². The molecule has 1 aliphatic heterocycles. The summed E-state index contributed by atoms with van der Waals surface area (Å²) in [5.41, 5.74) is 0. The molecule has 0 aromatic carbocycles. The smallest absolute Gasteiger partial charge is 0.0587 e. The number of unbranched alkanes of at least 4 members (excludes halogenated alkanes) is 1. The molecular formula is C11H23NO2. The van der Waals surface area contributed by atoms with Crippen LogP contribution in [0.4, 0.5) is 0 Å². The Morgan fingerprint density at radius 3 is 3.00 bits per heavy atom. The van der Waals surface area contributed by atoms with Crippen LogP contribution in [0.25, 0.3) is 0 Å². The summed E-state index contributed by atoms with van der Waals surface area (Å²) in [6.07, 6.45) is 5.84. The van der Waals surface area contributed by atoms with Gasteiger partial charge in [0, 0.05) is 19.3 Å². The van der Waals surface area contributed by atoms with Crippen LogP contribution in [0.15, 0.2) is 0 Å².